The fraction of sp³-hybridized carbons (Fsp3) is 0.938. The van der Waals surface area contributed by atoms with Gasteiger partial charge in [-0.05, 0) is 44.2 Å². The van der Waals surface area contributed by atoms with Crippen LogP contribution in [0.3, 0.4) is 0 Å². The third-order valence-electron chi connectivity index (χ3n) is 5.52. The molecule has 0 aromatic rings. The van der Waals surface area contributed by atoms with Crippen molar-refractivity contribution in [1.82, 2.24) is 15.1 Å². The highest BCUT2D eigenvalue weighted by molar-refractivity contribution is 5.85. The molecule has 0 bridgehead atoms. The average molecular weight is 316 g/mol. The zero-order chi connectivity index (χ0) is 14.2. The van der Waals surface area contributed by atoms with E-state index in [0.29, 0.717) is 11.9 Å². The Kier molecular flexibility index (Phi) is 5.55. The summed E-state index contributed by atoms with van der Waals surface area (Å²) >= 11 is 0. The maximum atomic E-state index is 12.9. The molecular formula is C16H30ClN3O. The fourth-order valence-corrected chi connectivity index (χ4v) is 4.17. The lowest BCUT2D eigenvalue weighted by Crippen LogP contribution is -2.62. The summed E-state index contributed by atoms with van der Waals surface area (Å²) in [6.45, 7) is 9.64. The number of piperidine rings is 2. The van der Waals surface area contributed by atoms with Crippen LogP contribution in [0, 0.1) is 5.41 Å². The van der Waals surface area contributed by atoms with Crippen LogP contribution in [0.1, 0.15) is 46.0 Å². The monoisotopic (exact) mass is 315 g/mol. The van der Waals surface area contributed by atoms with E-state index in [9.17, 15) is 4.79 Å². The van der Waals surface area contributed by atoms with Crippen LogP contribution in [0.5, 0.6) is 0 Å². The molecule has 3 heterocycles. The van der Waals surface area contributed by atoms with E-state index >= 15 is 0 Å². The number of amides is 1. The Balaban J connectivity index is 0.00000161. The molecule has 5 heteroatoms. The number of rotatable bonds is 1. The number of carbonyl (C=O) groups is 1. The molecule has 3 rings (SSSR count). The number of fused-ring (bicyclic) bond motifs is 1. The highest BCUT2D eigenvalue weighted by Gasteiger charge is 2.41. The van der Waals surface area contributed by atoms with Crippen LogP contribution >= 0.6 is 12.4 Å². The van der Waals surface area contributed by atoms with Crippen molar-refractivity contribution in [3.05, 3.63) is 0 Å². The summed E-state index contributed by atoms with van der Waals surface area (Å²) in [5.41, 5.74) is 0.0963. The van der Waals surface area contributed by atoms with Crippen LogP contribution in [0.15, 0.2) is 0 Å². The normalized spacial score (nSPS) is 33.0. The minimum atomic E-state index is 0. The van der Waals surface area contributed by atoms with Gasteiger partial charge in [-0.25, -0.2) is 0 Å². The van der Waals surface area contributed by atoms with Gasteiger partial charge in [0.15, 0.2) is 0 Å². The first-order valence-corrected chi connectivity index (χ1v) is 8.34. The van der Waals surface area contributed by atoms with Gasteiger partial charge < -0.3 is 10.2 Å². The van der Waals surface area contributed by atoms with Gasteiger partial charge in [0, 0.05) is 25.7 Å². The van der Waals surface area contributed by atoms with Crippen LogP contribution in [-0.4, -0.2) is 60.5 Å². The zero-order valence-electron chi connectivity index (χ0n) is 13.4. The summed E-state index contributed by atoms with van der Waals surface area (Å²) in [5, 5.41) is 3.47. The molecule has 3 fully saturated rings. The zero-order valence-corrected chi connectivity index (χ0v) is 14.3. The number of hydrogen-bond acceptors (Lipinski definition) is 3. The number of carbonyl (C=O) groups excluding carboxylic acids is 1. The Morgan fingerprint density at radius 1 is 1.14 bits per heavy atom. The highest BCUT2D eigenvalue weighted by Crippen LogP contribution is 2.32. The molecule has 4 nitrogen and oxygen atoms in total. The molecular weight excluding hydrogens is 286 g/mol. The molecule has 3 aliphatic rings. The summed E-state index contributed by atoms with van der Waals surface area (Å²) in [5.74, 6) is 0.347. The fourth-order valence-electron chi connectivity index (χ4n) is 4.17. The van der Waals surface area contributed by atoms with Crippen LogP contribution in [-0.2, 0) is 4.79 Å². The third-order valence-corrected chi connectivity index (χ3v) is 5.52. The van der Waals surface area contributed by atoms with Crippen LogP contribution < -0.4 is 5.32 Å². The Hall–Kier alpha value is -0.320. The van der Waals surface area contributed by atoms with E-state index in [1.54, 1.807) is 0 Å². The van der Waals surface area contributed by atoms with E-state index < -0.39 is 0 Å². The number of nitrogens with one attached hydrogen (secondary N) is 1. The third kappa shape index (κ3) is 3.54. The topological polar surface area (TPSA) is 35.6 Å². The SMILES string of the molecule is CC1(C)CCCNC1C(=O)N1CCN2CCCCC2C1.Cl. The first-order valence-electron chi connectivity index (χ1n) is 8.34. The van der Waals surface area contributed by atoms with Crippen molar-refractivity contribution in [1.29, 1.82) is 0 Å². The highest BCUT2D eigenvalue weighted by atomic mass is 35.5. The predicted octanol–water partition coefficient (Wildman–Crippen LogP) is 1.88. The summed E-state index contributed by atoms with van der Waals surface area (Å²) in [7, 11) is 0. The average Bonchev–Trinajstić information content (AvgIpc) is 2.45. The van der Waals surface area contributed by atoms with E-state index in [2.05, 4.69) is 29.0 Å². The Bertz CT molecular complexity index is 375. The van der Waals surface area contributed by atoms with Crippen molar-refractivity contribution in [2.45, 2.75) is 58.0 Å². The lowest BCUT2D eigenvalue weighted by Gasteiger charge is -2.47. The molecule has 0 saturated carbocycles. The molecule has 0 radical (unpaired) electrons. The van der Waals surface area contributed by atoms with Crippen molar-refractivity contribution in [3.8, 4) is 0 Å². The van der Waals surface area contributed by atoms with Crippen molar-refractivity contribution < 1.29 is 4.79 Å². The van der Waals surface area contributed by atoms with Gasteiger partial charge in [0.05, 0.1) is 6.04 Å². The standard InChI is InChI=1S/C16H29N3O.ClH/c1-16(2)7-5-8-17-14(16)15(20)19-11-10-18-9-4-3-6-13(18)12-19;/h13-14,17H,3-12H2,1-2H3;1H. The summed E-state index contributed by atoms with van der Waals surface area (Å²) < 4.78 is 0. The van der Waals surface area contributed by atoms with Crippen molar-refractivity contribution in [3.63, 3.8) is 0 Å². The maximum absolute atomic E-state index is 12.9. The second-order valence-corrected chi connectivity index (χ2v) is 7.45. The minimum absolute atomic E-state index is 0. The molecule has 21 heavy (non-hydrogen) atoms. The van der Waals surface area contributed by atoms with E-state index in [1.807, 2.05) is 0 Å². The Morgan fingerprint density at radius 3 is 2.71 bits per heavy atom. The van der Waals surface area contributed by atoms with Gasteiger partial charge in [-0.3, -0.25) is 9.69 Å². The van der Waals surface area contributed by atoms with Gasteiger partial charge in [0.2, 0.25) is 5.91 Å². The van der Waals surface area contributed by atoms with Crippen molar-refractivity contribution in [2.75, 3.05) is 32.7 Å². The first kappa shape index (κ1) is 17.0. The summed E-state index contributed by atoms with van der Waals surface area (Å²) in [4.78, 5) is 17.6. The Morgan fingerprint density at radius 2 is 1.95 bits per heavy atom. The molecule has 1 N–H and O–H groups in total. The molecule has 0 spiro atoms. The van der Waals surface area contributed by atoms with E-state index in [4.69, 9.17) is 0 Å². The number of hydrogen-bond donors (Lipinski definition) is 1. The minimum Gasteiger partial charge on any atom is -0.338 e. The van der Waals surface area contributed by atoms with Gasteiger partial charge in [-0.1, -0.05) is 20.3 Å². The quantitative estimate of drug-likeness (QED) is 0.802. The van der Waals surface area contributed by atoms with Gasteiger partial charge in [0.1, 0.15) is 0 Å². The molecule has 3 aliphatic heterocycles. The molecule has 0 aliphatic carbocycles. The van der Waals surface area contributed by atoms with Crippen LogP contribution in [0.25, 0.3) is 0 Å². The summed E-state index contributed by atoms with van der Waals surface area (Å²) in [6, 6.07) is 0.638. The smallest absolute Gasteiger partial charge is 0.240 e. The molecule has 2 atom stereocenters. The second kappa shape index (κ2) is 6.84. The first-order chi connectivity index (χ1) is 9.58. The largest absolute Gasteiger partial charge is 0.338 e. The predicted molar refractivity (Wildman–Crippen MR) is 87.8 cm³/mol. The number of halogens is 1. The van der Waals surface area contributed by atoms with E-state index in [-0.39, 0.29) is 23.9 Å². The van der Waals surface area contributed by atoms with Gasteiger partial charge >= 0.3 is 0 Å². The summed E-state index contributed by atoms with van der Waals surface area (Å²) in [6.07, 6.45) is 6.27. The lowest BCUT2D eigenvalue weighted by atomic mass is 9.77. The van der Waals surface area contributed by atoms with Crippen LogP contribution in [0.2, 0.25) is 0 Å². The molecule has 1 amide bonds. The van der Waals surface area contributed by atoms with Gasteiger partial charge in [-0.2, -0.15) is 0 Å². The molecule has 0 aromatic carbocycles. The van der Waals surface area contributed by atoms with E-state index in [1.165, 1.54) is 32.2 Å². The lowest BCUT2D eigenvalue weighted by molar-refractivity contribution is -0.141. The molecule has 3 saturated heterocycles. The van der Waals surface area contributed by atoms with E-state index in [0.717, 1.165) is 32.6 Å². The van der Waals surface area contributed by atoms with Crippen molar-refractivity contribution in [2.24, 2.45) is 5.41 Å². The Labute approximate surface area is 135 Å². The number of piperazine rings is 1. The molecule has 0 aromatic heterocycles. The van der Waals surface area contributed by atoms with Gasteiger partial charge in [-0.15, -0.1) is 12.4 Å². The maximum Gasteiger partial charge on any atom is 0.240 e. The molecule has 122 valence electrons. The van der Waals surface area contributed by atoms with Crippen molar-refractivity contribution >= 4 is 18.3 Å². The molecule has 2 unspecified atom stereocenters. The second-order valence-electron chi connectivity index (χ2n) is 7.45. The number of nitrogens with zero attached hydrogens (tertiary/aromatic N) is 2. The van der Waals surface area contributed by atoms with Crippen LogP contribution in [0.4, 0.5) is 0 Å². The van der Waals surface area contributed by atoms with Gasteiger partial charge in [0.25, 0.3) is 0 Å².